The molecule has 0 heterocycles. The van der Waals surface area contributed by atoms with Crippen LogP contribution in [0.25, 0.3) is 0 Å². The summed E-state index contributed by atoms with van der Waals surface area (Å²) in [5, 5.41) is 9.52. The highest BCUT2D eigenvalue weighted by Gasteiger charge is 2.14. The second-order valence-corrected chi connectivity index (χ2v) is 3.77. The van der Waals surface area contributed by atoms with Crippen LogP contribution in [0.15, 0.2) is 18.2 Å². The number of benzene rings is 1. The van der Waals surface area contributed by atoms with Gasteiger partial charge in [-0.25, -0.2) is 4.39 Å². The standard InChI is InChI=1S/C13H20FNO2/c1-4-15(5-2)10-6-7-11(12(16)9-14)13(8-10)17-3/h6-8,12,16H,4-5,9H2,1-3H3. The molecular formula is C13H20FNO2. The summed E-state index contributed by atoms with van der Waals surface area (Å²) in [7, 11) is 1.52. The highest BCUT2D eigenvalue weighted by Crippen LogP contribution is 2.30. The topological polar surface area (TPSA) is 32.7 Å². The summed E-state index contributed by atoms with van der Waals surface area (Å²) in [5.74, 6) is 0.527. The number of anilines is 1. The number of alkyl halides is 1. The van der Waals surface area contributed by atoms with E-state index < -0.39 is 12.8 Å². The van der Waals surface area contributed by atoms with Crippen LogP contribution in [0.4, 0.5) is 10.1 Å². The number of hydrogen-bond acceptors (Lipinski definition) is 3. The van der Waals surface area contributed by atoms with E-state index in [1.165, 1.54) is 7.11 Å². The van der Waals surface area contributed by atoms with Crippen molar-refractivity contribution >= 4 is 5.69 Å². The number of hydrogen-bond donors (Lipinski definition) is 1. The molecule has 0 saturated carbocycles. The van der Waals surface area contributed by atoms with Crippen molar-refractivity contribution in [2.24, 2.45) is 0 Å². The minimum absolute atomic E-state index is 0.492. The number of rotatable bonds is 6. The molecule has 1 rings (SSSR count). The zero-order chi connectivity index (χ0) is 12.8. The van der Waals surface area contributed by atoms with Gasteiger partial charge in [0.2, 0.25) is 0 Å². The van der Waals surface area contributed by atoms with Crippen molar-refractivity contribution in [2.45, 2.75) is 20.0 Å². The van der Waals surface area contributed by atoms with Gasteiger partial charge in [0.05, 0.1) is 7.11 Å². The lowest BCUT2D eigenvalue weighted by atomic mass is 10.1. The molecule has 0 amide bonds. The van der Waals surface area contributed by atoms with E-state index in [0.29, 0.717) is 11.3 Å². The Morgan fingerprint density at radius 1 is 1.35 bits per heavy atom. The molecule has 96 valence electrons. The van der Waals surface area contributed by atoms with Gasteiger partial charge in [-0.1, -0.05) is 6.07 Å². The molecule has 0 aliphatic heterocycles. The fourth-order valence-corrected chi connectivity index (χ4v) is 1.84. The van der Waals surface area contributed by atoms with Crippen LogP contribution in [0.2, 0.25) is 0 Å². The van der Waals surface area contributed by atoms with Crippen molar-refractivity contribution in [1.82, 2.24) is 0 Å². The molecule has 4 heteroatoms. The maximum absolute atomic E-state index is 12.5. The molecule has 1 unspecified atom stereocenters. The summed E-state index contributed by atoms with van der Waals surface area (Å²) in [6.45, 7) is 5.12. The van der Waals surface area contributed by atoms with Gasteiger partial charge in [0.25, 0.3) is 0 Å². The van der Waals surface area contributed by atoms with Gasteiger partial charge in [-0.05, 0) is 19.9 Å². The highest BCUT2D eigenvalue weighted by molar-refractivity contribution is 5.54. The molecule has 1 N–H and O–H groups in total. The molecule has 1 aromatic carbocycles. The first-order valence-corrected chi connectivity index (χ1v) is 5.84. The van der Waals surface area contributed by atoms with Crippen molar-refractivity contribution in [3.05, 3.63) is 23.8 Å². The Morgan fingerprint density at radius 2 is 2.00 bits per heavy atom. The molecule has 0 radical (unpaired) electrons. The predicted molar refractivity (Wildman–Crippen MR) is 67.5 cm³/mol. The summed E-state index contributed by atoms with van der Waals surface area (Å²) < 4.78 is 17.7. The Morgan fingerprint density at radius 3 is 2.47 bits per heavy atom. The predicted octanol–water partition coefficient (Wildman–Crippen LogP) is 2.54. The monoisotopic (exact) mass is 241 g/mol. The Bertz CT molecular complexity index is 353. The van der Waals surface area contributed by atoms with Gasteiger partial charge in [0, 0.05) is 30.4 Å². The first-order valence-electron chi connectivity index (χ1n) is 5.84. The summed E-state index contributed by atoms with van der Waals surface area (Å²) in [6, 6.07) is 5.43. The third-order valence-corrected chi connectivity index (χ3v) is 2.85. The van der Waals surface area contributed by atoms with Gasteiger partial charge < -0.3 is 14.7 Å². The maximum atomic E-state index is 12.5. The van der Waals surface area contributed by atoms with Crippen LogP contribution in [0.1, 0.15) is 25.5 Å². The van der Waals surface area contributed by atoms with Crippen molar-refractivity contribution in [3.8, 4) is 5.75 Å². The van der Waals surface area contributed by atoms with E-state index in [1.807, 2.05) is 12.1 Å². The van der Waals surface area contributed by atoms with E-state index in [4.69, 9.17) is 4.74 Å². The van der Waals surface area contributed by atoms with Gasteiger partial charge in [-0.15, -0.1) is 0 Å². The van der Waals surface area contributed by atoms with Gasteiger partial charge in [0.1, 0.15) is 18.5 Å². The largest absolute Gasteiger partial charge is 0.496 e. The summed E-state index contributed by atoms with van der Waals surface area (Å²) in [6.07, 6.45) is -1.12. The molecule has 0 aromatic heterocycles. The number of halogens is 1. The van der Waals surface area contributed by atoms with Crippen molar-refractivity contribution in [1.29, 1.82) is 0 Å². The van der Waals surface area contributed by atoms with Crippen LogP contribution in [0.5, 0.6) is 5.75 Å². The third-order valence-electron chi connectivity index (χ3n) is 2.85. The number of aliphatic hydroxyl groups is 1. The quantitative estimate of drug-likeness (QED) is 0.830. The van der Waals surface area contributed by atoms with Crippen LogP contribution in [0, 0.1) is 0 Å². The fraction of sp³-hybridized carbons (Fsp3) is 0.538. The number of methoxy groups -OCH3 is 1. The van der Waals surface area contributed by atoms with E-state index in [1.54, 1.807) is 6.07 Å². The van der Waals surface area contributed by atoms with Gasteiger partial charge >= 0.3 is 0 Å². The van der Waals surface area contributed by atoms with E-state index in [0.717, 1.165) is 18.8 Å². The van der Waals surface area contributed by atoms with Gasteiger partial charge in [-0.2, -0.15) is 0 Å². The zero-order valence-corrected chi connectivity index (χ0v) is 10.6. The zero-order valence-electron chi connectivity index (χ0n) is 10.6. The second kappa shape index (κ2) is 6.45. The molecule has 0 bridgehead atoms. The third kappa shape index (κ3) is 3.09. The van der Waals surface area contributed by atoms with E-state index in [2.05, 4.69) is 18.7 Å². The molecule has 0 saturated heterocycles. The summed E-state index contributed by atoms with van der Waals surface area (Å²) in [5.41, 5.74) is 1.51. The van der Waals surface area contributed by atoms with Gasteiger partial charge in [-0.3, -0.25) is 0 Å². The van der Waals surface area contributed by atoms with Crippen LogP contribution in [0.3, 0.4) is 0 Å². The second-order valence-electron chi connectivity index (χ2n) is 3.77. The Labute approximate surface area is 102 Å². The van der Waals surface area contributed by atoms with Crippen molar-refractivity contribution < 1.29 is 14.2 Å². The Hall–Kier alpha value is -1.29. The fourth-order valence-electron chi connectivity index (χ4n) is 1.84. The molecule has 3 nitrogen and oxygen atoms in total. The van der Waals surface area contributed by atoms with Gasteiger partial charge in [0.15, 0.2) is 0 Å². The average Bonchev–Trinajstić information content (AvgIpc) is 2.39. The van der Waals surface area contributed by atoms with E-state index >= 15 is 0 Å². The van der Waals surface area contributed by atoms with Crippen LogP contribution in [-0.2, 0) is 0 Å². The number of nitrogens with zero attached hydrogens (tertiary/aromatic N) is 1. The van der Waals surface area contributed by atoms with E-state index in [-0.39, 0.29) is 0 Å². The smallest absolute Gasteiger partial charge is 0.126 e. The summed E-state index contributed by atoms with van der Waals surface area (Å²) >= 11 is 0. The lowest BCUT2D eigenvalue weighted by molar-refractivity contribution is 0.138. The molecule has 1 atom stereocenters. The lowest BCUT2D eigenvalue weighted by Gasteiger charge is -2.23. The molecule has 17 heavy (non-hydrogen) atoms. The normalized spacial score (nSPS) is 12.3. The molecular weight excluding hydrogens is 221 g/mol. The first kappa shape index (κ1) is 13.8. The molecule has 1 aromatic rings. The van der Waals surface area contributed by atoms with Crippen LogP contribution in [-0.4, -0.2) is 32.0 Å². The highest BCUT2D eigenvalue weighted by atomic mass is 19.1. The number of ether oxygens (including phenoxy) is 1. The Balaban J connectivity index is 3.07. The van der Waals surface area contributed by atoms with Crippen molar-refractivity contribution in [3.63, 3.8) is 0 Å². The SMILES string of the molecule is CCN(CC)c1ccc(C(O)CF)c(OC)c1. The minimum atomic E-state index is -1.12. The first-order chi connectivity index (χ1) is 8.17. The summed E-state index contributed by atoms with van der Waals surface area (Å²) in [4.78, 5) is 2.16. The molecule has 0 aliphatic rings. The Kier molecular flexibility index (Phi) is 5.22. The molecule has 0 fully saturated rings. The van der Waals surface area contributed by atoms with E-state index in [9.17, 15) is 9.50 Å². The van der Waals surface area contributed by atoms with Crippen LogP contribution < -0.4 is 9.64 Å². The number of aliphatic hydroxyl groups excluding tert-OH is 1. The minimum Gasteiger partial charge on any atom is -0.496 e. The lowest BCUT2D eigenvalue weighted by Crippen LogP contribution is -2.21. The van der Waals surface area contributed by atoms with Crippen molar-refractivity contribution in [2.75, 3.05) is 31.8 Å². The molecule has 0 spiro atoms. The molecule has 0 aliphatic carbocycles. The maximum Gasteiger partial charge on any atom is 0.126 e. The van der Waals surface area contributed by atoms with Crippen LogP contribution >= 0.6 is 0 Å². The average molecular weight is 241 g/mol.